The zero-order valence-electron chi connectivity index (χ0n) is 9.06. The molecule has 84 valence electrons. The van der Waals surface area contributed by atoms with Crippen LogP contribution in [0.3, 0.4) is 0 Å². The number of rotatable bonds is 2. The average Bonchev–Trinajstić information content (AvgIpc) is 2.76. The molecule has 0 atom stereocenters. The van der Waals surface area contributed by atoms with E-state index in [0.29, 0.717) is 17.5 Å². The number of nitrogens with zero attached hydrogens (tertiary/aromatic N) is 1. The lowest BCUT2D eigenvalue weighted by atomic mass is 10.2. The fourth-order valence-corrected chi connectivity index (χ4v) is 1.39. The smallest absolute Gasteiger partial charge is 0.194 e. The van der Waals surface area contributed by atoms with E-state index in [0.717, 1.165) is 5.56 Å². The van der Waals surface area contributed by atoms with Crippen LogP contribution in [-0.4, -0.2) is 12.8 Å². The Morgan fingerprint density at radius 3 is 2.71 bits per heavy atom. The van der Waals surface area contributed by atoms with Gasteiger partial charge in [-0.1, -0.05) is 36.3 Å². The third kappa shape index (κ3) is 3.82. The zero-order valence-corrected chi connectivity index (χ0v) is 9.82. The van der Waals surface area contributed by atoms with Crippen LogP contribution in [0.1, 0.15) is 11.3 Å². The molecule has 1 aromatic carbocycles. The molecule has 0 radical (unpaired) electrons. The molecule has 0 unspecified atom stereocenters. The summed E-state index contributed by atoms with van der Waals surface area (Å²) >= 11 is 5.62. The molecule has 0 aliphatic heterocycles. The largest absolute Gasteiger partial charge is 0.436 e. The fraction of sp³-hybridized carbons (Fsp3) is 0.0714. The minimum Gasteiger partial charge on any atom is -0.436 e. The summed E-state index contributed by atoms with van der Waals surface area (Å²) in [6, 6.07) is 13.3. The van der Waals surface area contributed by atoms with Gasteiger partial charge in [-0.2, -0.15) is 0 Å². The third-order valence-corrected chi connectivity index (χ3v) is 2.20. The molecule has 1 heterocycles. The van der Waals surface area contributed by atoms with Gasteiger partial charge in [0.1, 0.15) is 6.54 Å². The van der Waals surface area contributed by atoms with Gasteiger partial charge in [-0.05, 0) is 35.2 Å². The Balaban J connectivity index is 1.88. The Bertz CT molecular complexity index is 561. The Morgan fingerprint density at radius 2 is 2.00 bits per heavy atom. The van der Waals surface area contributed by atoms with Crippen molar-refractivity contribution in [3.63, 3.8) is 0 Å². The van der Waals surface area contributed by atoms with Crippen molar-refractivity contribution in [3.05, 3.63) is 59.0 Å². The molecule has 3 heteroatoms. The molecule has 0 N–H and O–H groups in total. The summed E-state index contributed by atoms with van der Waals surface area (Å²) in [5, 5.41) is 0.349. The van der Waals surface area contributed by atoms with Crippen LogP contribution in [0.4, 0.5) is 0 Å². The summed E-state index contributed by atoms with van der Waals surface area (Å²) in [5.74, 6) is 6.28. The summed E-state index contributed by atoms with van der Waals surface area (Å²) < 4.78 is 5.09. The lowest BCUT2D eigenvalue weighted by molar-refractivity contribution is 0.556. The molecule has 1 aromatic heterocycles. The molecular weight excluding hydrogens is 234 g/mol. The van der Waals surface area contributed by atoms with Gasteiger partial charge in [0, 0.05) is 6.21 Å². The van der Waals surface area contributed by atoms with E-state index >= 15 is 0 Å². The van der Waals surface area contributed by atoms with Crippen molar-refractivity contribution < 1.29 is 4.42 Å². The third-order valence-electron chi connectivity index (χ3n) is 2.00. The number of halogens is 1. The first kappa shape index (κ1) is 11.5. The van der Waals surface area contributed by atoms with Crippen LogP contribution in [-0.2, 0) is 0 Å². The second-order valence-electron chi connectivity index (χ2n) is 3.29. The van der Waals surface area contributed by atoms with E-state index in [4.69, 9.17) is 16.0 Å². The van der Waals surface area contributed by atoms with Gasteiger partial charge in [-0.25, -0.2) is 0 Å². The Morgan fingerprint density at radius 1 is 1.18 bits per heavy atom. The van der Waals surface area contributed by atoms with Gasteiger partial charge in [0.2, 0.25) is 0 Å². The van der Waals surface area contributed by atoms with Crippen molar-refractivity contribution in [3.8, 4) is 11.8 Å². The molecule has 0 aliphatic carbocycles. The van der Waals surface area contributed by atoms with E-state index in [2.05, 4.69) is 16.8 Å². The Kier molecular flexibility index (Phi) is 4.01. The quantitative estimate of drug-likeness (QED) is 0.586. The normalized spacial score (nSPS) is 10.2. The molecule has 0 aliphatic rings. The SMILES string of the molecule is Clc1ccc(C#CC/N=C/c2ccccc2)o1. The zero-order chi connectivity index (χ0) is 11.9. The van der Waals surface area contributed by atoms with Crippen molar-refractivity contribution in [2.45, 2.75) is 0 Å². The molecular formula is C14H10ClNO. The Labute approximate surface area is 105 Å². The maximum atomic E-state index is 5.62. The van der Waals surface area contributed by atoms with Crippen LogP contribution in [0, 0.1) is 11.8 Å². The average molecular weight is 244 g/mol. The lowest BCUT2D eigenvalue weighted by Gasteiger charge is -1.88. The first-order valence-corrected chi connectivity index (χ1v) is 5.51. The molecule has 2 nitrogen and oxygen atoms in total. The van der Waals surface area contributed by atoms with Crippen LogP contribution >= 0.6 is 11.6 Å². The molecule has 0 fully saturated rings. The number of hydrogen-bond acceptors (Lipinski definition) is 2. The first-order chi connectivity index (χ1) is 8.34. The number of furan rings is 1. The summed E-state index contributed by atoms with van der Waals surface area (Å²) in [5.41, 5.74) is 1.07. The van der Waals surface area contributed by atoms with Gasteiger partial charge in [0.05, 0.1) is 0 Å². The van der Waals surface area contributed by atoms with E-state index in [1.54, 1.807) is 18.3 Å². The van der Waals surface area contributed by atoms with Gasteiger partial charge in [0.25, 0.3) is 0 Å². The molecule has 2 aromatic rings. The van der Waals surface area contributed by atoms with E-state index in [1.165, 1.54) is 0 Å². The molecule has 2 rings (SSSR count). The van der Waals surface area contributed by atoms with Crippen molar-refractivity contribution in [2.24, 2.45) is 4.99 Å². The first-order valence-electron chi connectivity index (χ1n) is 5.14. The molecule has 17 heavy (non-hydrogen) atoms. The summed E-state index contributed by atoms with van der Waals surface area (Å²) in [7, 11) is 0. The van der Waals surface area contributed by atoms with Gasteiger partial charge >= 0.3 is 0 Å². The van der Waals surface area contributed by atoms with Gasteiger partial charge < -0.3 is 4.42 Å². The van der Waals surface area contributed by atoms with Gasteiger partial charge in [-0.3, -0.25) is 4.99 Å². The molecule has 0 spiro atoms. The lowest BCUT2D eigenvalue weighted by Crippen LogP contribution is -1.81. The van der Waals surface area contributed by atoms with Crippen LogP contribution in [0.2, 0.25) is 5.22 Å². The number of aliphatic imine (C=N–C) groups is 1. The van der Waals surface area contributed by atoms with Crippen LogP contribution in [0.15, 0.2) is 51.9 Å². The molecule has 0 saturated heterocycles. The van der Waals surface area contributed by atoms with E-state index in [9.17, 15) is 0 Å². The monoisotopic (exact) mass is 243 g/mol. The number of benzene rings is 1. The summed E-state index contributed by atoms with van der Waals surface area (Å²) in [4.78, 5) is 4.19. The number of hydrogen-bond donors (Lipinski definition) is 0. The second-order valence-corrected chi connectivity index (χ2v) is 3.66. The fourth-order valence-electron chi connectivity index (χ4n) is 1.24. The van der Waals surface area contributed by atoms with Crippen molar-refractivity contribution in [2.75, 3.05) is 6.54 Å². The summed E-state index contributed by atoms with van der Waals surface area (Å²) in [6.07, 6.45) is 1.80. The topological polar surface area (TPSA) is 25.5 Å². The maximum absolute atomic E-state index is 5.62. The highest BCUT2D eigenvalue weighted by Crippen LogP contribution is 2.11. The molecule has 0 bridgehead atoms. The minimum atomic E-state index is 0.349. The second kappa shape index (κ2) is 5.93. The van der Waals surface area contributed by atoms with E-state index in [-0.39, 0.29) is 0 Å². The predicted octanol–water partition coefficient (Wildman–Crippen LogP) is 3.40. The highest BCUT2D eigenvalue weighted by atomic mass is 35.5. The highest BCUT2D eigenvalue weighted by Gasteiger charge is 1.92. The molecule has 0 amide bonds. The Hall–Kier alpha value is -1.98. The van der Waals surface area contributed by atoms with E-state index in [1.807, 2.05) is 30.3 Å². The van der Waals surface area contributed by atoms with Crippen molar-refractivity contribution >= 4 is 17.8 Å². The van der Waals surface area contributed by atoms with E-state index < -0.39 is 0 Å². The van der Waals surface area contributed by atoms with Crippen LogP contribution in [0.5, 0.6) is 0 Å². The van der Waals surface area contributed by atoms with Crippen LogP contribution in [0.25, 0.3) is 0 Å². The van der Waals surface area contributed by atoms with Crippen LogP contribution < -0.4 is 0 Å². The summed E-state index contributed by atoms with van der Waals surface area (Å²) in [6.45, 7) is 0.438. The van der Waals surface area contributed by atoms with Gasteiger partial charge in [0.15, 0.2) is 11.0 Å². The van der Waals surface area contributed by atoms with Crippen molar-refractivity contribution in [1.82, 2.24) is 0 Å². The predicted molar refractivity (Wildman–Crippen MR) is 69.5 cm³/mol. The molecule has 0 saturated carbocycles. The minimum absolute atomic E-state index is 0.349. The highest BCUT2D eigenvalue weighted by molar-refractivity contribution is 6.28. The van der Waals surface area contributed by atoms with Gasteiger partial charge in [-0.15, -0.1) is 0 Å². The standard InChI is InChI=1S/C14H10ClNO/c15-14-9-8-13(17-14)7-4-10-16-11-12-5-2-1-3-6-12/h1-3,5-6,8-9,11H,10H2/b16-11+. The van der Waals surface area contributed by atoms with Crippen molar-refractivity contribution in [1.29, 1.82) is 0 Å². The maximum Gasteiger partial charge on any atom is 0.194 e.